The Labute approximate surface area is 132 Å². The third kappa shape index (κ3) is 3.32. The number of hydrogen-bond donors (Lipinski definition) is 1. The van der Waals surface area contributed by atoms with Crippen molar-refractivity contribution in [1.82, 2.24) is 0 Å². The Kier molecular flexibility index (Phi) is 4.58. The van der Waals surface area contributed by atoms with Gasteiger partial charge < -0.3 is 5.32 Å². The maximum atomic E-state index is 13.1. The Morgan fingerprint density at radius 3 is 2.36 bits per heavy atom. The van der Waals surface area contributed by atoms with Crippen molar-refractivity contribution in [2.45, 2.75) is 0 Å². The predicted molar refractivity (Wildman–Crippen MR) is 77.4 cm³/mol. The lowest BCUT2D eigenvalue weighted by Gasteiger charge is -2.08. The number of nitrogens with one attached hydrogen (secondary N) is 1. The number of carbonyl (C=O) groups excluding carboxylic acids is 1. The van der Waals surface area contributed by atoms with Crippen molar-refractivity contribution < 1.29 is 18.5 Å². The van der Waals surface area contributed by atoms with E-state index >= 15 is 0 Å². The molecule has 9 heteroatoms. The first kappa shape index (κ1) is 16.1. The van der Waals surface area contributed by atoms with E-state index < -0.39 is 28.2 Å². The number of nitrogens with zero attached hydrogens (tertiary/aromatic N) is 1. The van der Waals surface area contributed by atoms with Crippen molar-refractivity contribution in [3.05, 3.63) is 67.7 Å². The summed E-state index contributed by atoms with van der Waals surface area (Å²) in [6.45, 7) is 0. The number of nitro benzene ring substituents is 1. The molecular weight excluding hydrogens is 341 g/mol. The molecule has 0 saturated carbocycles. The highest BCUT2D eigenvalue weighted by atomic mass is 35.5. The monoisotopic (exact) mass is 346 g/mol. The largest absolute Gasteiger partial charge is 0.321 e. The zero-order valence-electron chi connectivity index (χ0n) is 10.6. The molecule has 0 aromatic heterocycles. The molecule has 2 aromatic rings. The van der Waals surface area contributed by atoms with Crippen LogP contribution in [0.25, 0.3) is 0 Å². The van der Waals surface area contributed by atoms with Crippen LogP contribution in [0.15, 0.2) is 30.3 Å². The van der Waals surface area contributed by atoms with Crippen molar-refractivity contribution in [2.75, 3.05) is 5.32 Å². The molecule has 22 heavy (non-hydrogen) atoms. The van der Waals surface area contributed by atoms with E-state index in [2.05, 4.69) is 5.32 Å². The van der Waals surface area contributed by atoms with Crippen LogP contribution >= 0.6 is 23.2 Å². The van der Waals surface area contributed by atoms with E-state index in [1.165, 1.54) is 0 Å². The number of nitro groups is 1. The van der Waals surface area contributed by atoms with Gasteiger partial charge in [0.05, 0.1) is 15.6 Å². The second-order valence-electron chi connectivity index (χ2n) is 4.12. The Bertz CT molecular complexity index is 784. The number of rotatable bonds is 3. The highest BCUT2D eigenvalue weighted by Crippen LogP contribution is 2.34. The third-order valence-electron chi connectivity index (χ3n) is 2.66. The summed E-state index contributed by atoms with van der Waals surface area (Å²) in [6, 6.07) is 4.67. The summed E-state index contributed by atoms with van der Waals surface area (Å²) >= 11 is 11.5. The minimum Gasteiger partial charge on any atom is -0.321 e. The second-order valence-corrected chi connectivity index (χ2v) is 4.94. The van der Waals surface area contributed by atoms with Gasteiger partial charge in [-0.05, 0) is 24.3 Å². The summed E-state index contributed by atoms with van der Waals surface area (Å²) in [5, 5.41) is 12.7. The van der Waals surface area contributed by atoms with E-state index in [4.69, 9.17) is 23.2 Å². The fourth-order valence-electron chi connectivity index (χ4n) is 1.60. The number of anilines is 1. The lowest BCUT2D eigenvalue weighted by molar-refractivity contribution is -0.384. The van der Waals surface area contributed by atoms with Gasteiger partial charge in [0.25, 0.3) is 11.6 Å². The van der Waals surface area contributed by atoms with Crippen LogP contribution in [0.2, 0.25) is 10.0 Å². The molecule has 0 unspecified atom stereocenters. The van der Waals surface area contributed by atoms with Gasteiger partial charge in [0, 0.05) is 11.6 Å². The topological polar surface area (TPSA) is 72.2 Å². The fraction of sp³-hybridized carbons (Fsp3) is 0. The lowest BCUT2D eigenvalue weighted by atomic mass is 10.2. The van der Waals surface area contributed by atoms with Crippen molar-refractivity contribution in [1.29, 1.82) is 0 Å². The summed E-state index contributed by atoms with van der Waals surface area (Å²) in [5.74, 6) is -3.04. The molecule has 5 nitrogen and oxygen atoms in total. The molecule has 0 atom stereocenters. The van der Waals surface area contributed by atoms with Crippen LogP contribution in [0.4, 0.5) is 20.2 Å². The van der Waals surface area contributed by atoms with Crippen molar-refractivity contribution in [3.63, 3.8) is 0 Å². The predicted octanol–water partition coefficient (Wildman–Crippen LogP) is 4.43. The van der Waals surface area contributed by atoms with Crippen molar-refractivity contribution in [3.8, 4) is 0 Å². The van der Waals surface area contributed by atoms with E-state index in [1.807, 2.05) is 0 Å². The van der Waals surface area contributed by atoms with Crippen LogP contribution in [0.3, 0.4) is 0 Å². The molecule has 0 radical (unpaired) electrons. The lowest BCUT2D eigenvalue weighted by Crippen LogP contribution is -2.13. The average Bonchev–Trinajstić information content (AvgIpc) is 2.45. The molecular formula is C13H6Cl2F2N2O3. The second kappa shape index (κ2) is 6.25. The molecule has 1 N–H and O–H groups in total. The van der Waals surface area contributed by atoms with E-state index in [0.717, 1.165) is 24.3 Å². The standard InChI is InChI=1S/C13H6Cl2F2N2O3/c14-7-5-12(19(21)22)8(15)4-11(7)18-13(20)6-1-2-9(16)10(17)3-6/h1-5H,(H,18,20). The molecule has 114 valence electrons. The van der Waals surface area contributed by atoms with Crippen molar-refractivity contribution in [2.24, 2.45) is 0 Å². The Balaban J connectivity index is 2.30. The van der Waals surface area contributed by atoms with Gasteiger partial charge in [-0.2, -0.15) is 0 Å². The number of carbonyl (C=O) groups is 1. The molecule has 2 rings (SSSR count). The van der Waals surface area contributed by atoms with E-state index in [0.29, 0.717) is 6.07 Å². The number of halogens is 4. The van der Waals surface area contributed by atoms with Gasteiger partial charge in [-0.3, -0.25) is 14.9 Å². The van der Waals surface area contributed by atoms with Gasteiger partial charge in [0.1, 0.15) is 5.02 Å². The molecule has 2 aromatic carbocycles. The smallest absolute Gasteiger partial charge is 0.289 e. The number of hydrogen-bond acceptors (Lipinski definition) is 3. The molecule has 0 heterocycles. The zero-order valence-corrected chi connectivity index (χ0v) is 12.1. The summed E-state index contributed by atoms with van der Waals surface area (Å²) in [5.41, 5.74) is -0.561. The van der Waals surface area contributed by atoms with Crippen LogP contribution in [0.1, 0.15) is 10.4 Å². The molecule has 0 spiro atoms. The van der Waals surface area contributed by atoms with E-state index in [-0.39, 0.29) is 21.3 Å². The fourth-order valence-corrected chi connectivity index (χ4v) is 2.04. The Morgan fingerprint density at radius 1 is 1.09 bits per heavy atom. The maximum absolute atomic E-state index is 13.1. The highest BCUT2D eigenvalue weighted by molar-refractivity contribution is 6.37. The molecule has 0 aliphatic rings. The molecule has 0 saturated heterocycles. The van der Waals surface area contributed by atoms with Gasteiger partial charge in [0.2, 0.25) is 0 Å². The quantitative estimate of drug-likeness (QED) is 0.659. The Hall–Kier alpha value is -2.25. The van der Waals surface area contributed by atoms with Crippen LogP contribution in [-0.4, -0.2) is 10.8 Å². The van der Waals surface area contributed by atoms with Crippen LogP contribution in [0.5, 0.6) is 0 Å². The minimum atomic E-state index is -1.18. The number of amides is 1. The molecule has 1 amide bonds. The first-order valence-corrected chi connectivity index (χ1v) is 6.45. The van der Waals surface area contributed by atoms with E-state index in [9.17, 15) is 23.7 Å². The molecule has 0 aliphatic heterocycles. The summed E-state index contributed by atoms with van der Waals surface area (Å²) in [4.78, 5) is 21.9. The summed E-state index contributed by atoms with van der Waals surface area (Å²) in [7, 11) is 0. The molecule has 0 aliphatic carbocycles. The first-order valence-electron chi connectivity index (χ1n) is 5.69. The van der Waals surface area contributed by atoms with Crippen LogP contribution in [0, 0.1) is 21.7 Å². The average molecular weight is 347 g/mol. The number of benzene rings is 2. The van der Waals surface area contributed by atoms with Crippen LogP contribution in [-0.2, 0) is 0 Å². The first-order chi connectivity index (χ1) is 10.3. The molecule has 0 bridgehead atoms. The minimum absolute atomic E-state index is 0.00648. The Morgan fingerprint density at radius 2 is 1.77 bits per heavy atom. The van der Waals surface area contributed by atoms with E-state index in [1.54, 1.807) is 0 Å². The van der Waals surface area contributed by atoms with Crippen molar-refractivity contribution >= 4 is 40.5 Å². The van der Waals surface area contributed by atoms with Gasteiger partial charge in [0.15, 0.2) is 11.6 Å². The van der Waals surface area contributed by atoms with Gasteiger partial charge in [-0.15, -0.1) is 0 Å². The third-order valence-corrected chi connectivity index (χ3v) is 3.28. The highest BCUT2D eigenvalue weighted by Gasteiger charge is 2.18. The molecule has 0 fully saturated rings. The van der Waals surface area contributed by atoms with Gasteiger partial charge in [-0.25, -0.2) is 8.78 Å². The zero-order chi connectivity index (χ0) is 16.4. The summed E-state index contributed by atoms with van der Waals surface area (Å²) < 4.78 is 25.9. The van der Waals surface area contributed by atoms with Crippen LogP contribution < -0.4 is 5.32 Å². The normalized spacial score (nSPS) is 10.4. The van der Waals surface area contributed by atoms with Gasteiger partial charge in [-0.1, -0.05) is 23.2 Å². The summed E-state index contributed by atoms with van der Waals surface area (Å²) in [6.07, 6.45) is 0. The maximum Gasteiger partial charge on any atom is 0.289 e. The van der Waals surface area contributed by atoms with Gasteiger partial charge >= 0.3 is 0 Å². The SMILES string of the molecule is O=C(Nc1cc(Cl)c([N+](=O)[O-])cc1Cl)c1ccc(F)c(F)c1.